The molecule has 5 atom stereocenters. The van der Waals surface area contributed by atoms with Crippen molar-refractivity contribution < 1.29 is 33.4 Å². The molecular weight excluding hydrogens is 909 g/mol. The van der Waals surface area contributed by atoms with Crippen LogP contribution in [-0.4, -0.2) is 136 Å². The molecule has 6 heterocycles. The largest absolute Gasteiger partial charge is 0.464 e. The van der Waals surface area contributed by atoms with E-state index in [9.17, 15) is 24.0 Å². The Balaban J connectivity index is 1.11. The first kappa shape index (κ1) is 52.2. The van der Waals surface area contributed by atoms with E-state index in [1.807, 2.05) is 52.8 Å². The average Bonchev–Trinajstić information content (AvgIpc) is 3.96. The summed E-state index contributed by atoms with van der Waals surface area (Å²) in [7, 11) is 3.32. The number of methoxy groups -OCH3 is 1. The van der Waals surface area contributed by atoms with Gasteiger partial charge in [0.1, 0.15) is 18.1 Å². The third-order valence-electron chi connectivity index (χ3n) is 15.2. The number of cyclic esters (lactones) is 1. The number of aromatic nitrogens is 2. The molecular formula is C57H74N8O7. The lowest BCUT2D eigenvalue weighted by molar-refractivity contribution is -0.155. The van der Waals surface area contributed by atoms with Crippen LogP contribution in [0.3, 0.4) is 0 Å². The maximum Gasteiger partial charge on any atom is 0.324 e. The number of rotatable bonds is 10. The van der Waals surface area contributed by atoms with Gasteiger partial charge in [0.15, 0.2) is 0 Å². The van der Waals surface area contributed by atoms with E-state index in [1.54, 1.807) is 25.3 Å². The molecule has 4 aliphatic rings. The highest BCUT2D eigenvalue weighted by atomic mass is 16.5. The second-order valence-corrected chi connectivity index (χ2v) is 21.9. The van der Waals surface area contributed by atoms with Crippen molar-refractivity contribution >= 4 is 40.5 Å². The first-order valence-electron chi connectivity index (χ1n) is 25.9. The van der Waals surface area contributed by atoms with Crippen molar-refractivity contribution in [2.75, 3.05) is 53.5 Å². The summed E-state index contributed by atoms with van der Waals surface area (Å²) >= 11 is 0. The molecule has 2 aromatic heterocycles. The summed E-state index contributed by atoms with van der Waals surface area (Å²) < 4.78 is 14.3. The first-order chi connectivity index (χ1) is 34.3. The highest BCUT2D eigenvalue weighted by Crippen LogP contribution is 2.42. The van der Waals surface area contributed by atoms with Gasteiger partial charge in [-0.3, -0.25) is 38.9 Å². The van der Waals surface area contributed by atoms with Crippen molar-refractivity contribution in [2.24, 2.45) is 17.3 Å². The molecule has 0 spiro atoms. The summed E-state index contributed by atoms with van der Waals surface area (Å²) in [6.45, 7) is 19.8. The maximum atomic E-state index is 14.8. The SMILES string of the molecule is CCn1c(-c2cccnc2[C@H](C)OC)c2c3cc(ccc31)-c1cccc(c1)C[C@H](NC(=O)[C@H](C(C)C)N(C)C(=O)C1CCN(C(=O)C#CC(C)(C)N3CCC3)C1)C(=O)N1CCC[C@H](N1)C(=O)OCC(C)(C)C2. The lowest BCUT2D eigenvalue weighted by Crippen LogP contribution is -2.62. The highest BCUT2D eigenvalue weighted by molar-refractivity contribution is 5.97. The van der Waals surface area contributed by atoms with Crippen molar-refractivity contribution in [1.29, 1.82) is 0 Å². The Morgan fingerprint density at radius 2 is 1.76 bits per heavy atom. The molecule has 384 valence electrons. The van der Waals surface area contributed by atoms with Gasteiger partial charge in [-0.25, -0.2) is 5.43 Å². The molecule has 4 amide bonds. The zero-order chi connectivity index (χ0) is 51.6. The van der Waals surface area contributed by atoms with Gasteiger partial charge in [-0.1, -0.05) is 63.9 Å². The third kappa shape index (κ3) is 11.0. The minimum Gasteiger partial charge on any atom is -0.464 e. The molecule has 6 bridgehead atoms. The van der Waals surface area contributed by atoms with Crippen molar-refractivity contribution in [3.05, 3.63) is 77.6 Å². The molecule has 15 heteroatoms. The molecule has 4 aromatic rings. The number of carbonyl (C=O) groups excluding carboxylic acids is 5. The second-order valence-electron chi connectivity index (χ2n) is 21.9. The summed E-state index contributed by atoms with van der Waals surface area (Å²) in [5.41, 5.74) is 10.1. The van der Waals surface area contributed by atoms with E-state index < -0.39 is 52.8 Å². The van der Waals surface area contributed by atoms with Crippen LogP contribution in [0.4, 0.5) is 0 Å². The first-order valence-corrected chi connectivity index (χ1v) is 25.9. The van der Waals surface area contributed by atoms with Crippen molar-refractivity contribution in [3.63, 3.8) is 0 Å². The van der Waals surface area contributed by atoms with Gasteiger partial charge in [-0.2, -0.15) is 0 Å². The van der Waals surface area contributed by atoms with Crippen LogP contribution in [0.5, 0.6) is 0 Å². The Kier molecular flexibility index (Phi) is 15.6. The van der Waals surface area contributed by atoms with Crippen LogP contribution in [0.2, 0.25) is 0 Å². The van der Waals surface area contributed by atoms with Crippen molar-refractivity contribution in [3.8, 4) is 34.2 Å². The van der Waals surface area contributed by atoms with E-state index in [-0.39, 0.29) is 43.4 Å². The molecule has 0 radical (unpaired) electrons. The van der Waals surface area contributed by atoms with Gasteiger partial charge in [0.25, 0.3) is 11.8 Å². The summed E-state index contributed by atoms with van der Waals surface area (Å²) in [5, 5.41) is 5.61. The van der Waals surface area contributed by atoms with E-state index in [4.69, 9.17) is 14.5 Å². The number of hydrogen-bond donors (Lipinski definition) is 2. The van der Waals surface area contributed by atoms with Crippen LogP contribution in [0.15, 0.2) is 60.8 Å². The Bertz CT molecular complexity index is 2770. The number of pyridine rings is 1. The number of carbonyl (C=O) groups is 5. The number of ether oxygens (including phenoxy) is 2. The second kappa shape index (κ2) is 21.6. The van der Waals surface area contributed by atoms with Crippen LogP contribution in [0.1, 0.15) is 104 Å². The number of likely N-dealkylation sites (N-methyl/N-ethyl adjacent to an activating group) is 1. The number of aryl methyl sites for hydroxylation is 1. The van der Waals surface area contributed by atoms with E-state index in [1.165, 1.54) is 9.91 Å². The fourth-order valence-corrected chi connectivity index (χ4v) is 11.0. The number of amides is 4. The topological polar surface area (TPSA) is 159 Å². The monoisotopic (exact) mass is 983 g/mol. The summed E-state index contributed by atoms with van der Waals surface area (Å²) in [4.78, 5) is 81.2. The van der Waals surface area contributed by atoms with Crippen LogP contribution in [-0.2, 0) is 52.8 Å². The number of esters is 1. The number of nitrogens with one attached hydrogen (secondary N) is 2. The lowest BCUT2D eigenvalue weighted by atomic mass is 9.84. The quantitative estimate of drug-likeness (QED) is 0.132. The molecule has 15 nitrogen and oxygen atoms in total. The van der Waals surface area contributed by atoms with Crippen LogP contribution >= 0.6 is 0 Å². The van der Waals surface area contributed by atoms with Crippen molar-refractivity contribution in [2.45, 2.75) is 130 Å². The molecule has 3 saturated heterocycles. The fraction of sp³-hybridized carbons (Fsp3) is 0.544. The van der Waals surface area contributed by atoms with E-state index >= 15 is 0 Å². The Labute approximate surface area is 425 Å². The van der Waals surface area contributed by atoms with Gasteiger partial charge in [0.2, 0.25) is 11.8 Å². The number of fused-ring (bicyclic) bond motifs is 6. The predicted molar refractivity (Wildman–Crippen MR) is 278 cm³/mol. The molecule has 72 heavy (non-hydrogen) atoms. The van der Waals surface area contributed by atoms with E-state index in [0.29, 0.717) is 45.3 Å². The van der Waals surface area contributed by atoms with Crippen LogP contribution in [0.25, 0.3) is 33.3 Å². The Morgan fingerprint density at radius 3 is 2.47 bits per heavy atom. The van der Waals surface area contributed by atoms with Crippen LogP contribution in [0, 0.1) is 29.1 Å². The number of likely N-dealkylation sites (tertiary alicyclic amines) is 2. The number of hydrogen-bond acceptors (Lipinski definition) is 10. The van der Waals surface area contributed by atoms with Gasteiger partial charge in [-0.15, -0.1) is 0 Å². The third-order valence-corrected chi connectivity index (χ3v) is 15.2. The Morgan fingerprint density at radius 1 is 1.00 bits per heavy atom. The molecule has 1 unspecified atom stereocenters. The summed E-state index contributed by atoms with van der Waals surface area (Å²) in [6, 6.07) is 15.9. The van der Waals surface area contributed by atoms with Gasteiger partial charge in [-0.05, 0) is 118 Å². The fourth-order valence-electron chi connectivity index (χ4n) is 11.0. The smallest absolute Gasteiger partial charge is 0.324 e. The van der Waals surface area contributed by atoms with E-state index in [2.05, 4.69) is 89.2 Å². The van der Waals surface area contributed by atoms with Gasteiger partial charge in [0.05, 0.1) is 35.6 Å². The summed E-state index contributed by atoms with van der Waals surface area (Å²) in [5.74, 6) is 3.28. The zero-order valence-corrected chi connectivity index (χ0v) is 44.0. The molecule has 4 aliphatic heterocycles. The zero-order valence-electron chi connectivity index (χ0n) is 44.0. The van der Waals surface area contributed by atoms with Gasteiger partial charge in [0, 0.05) is 87.9 Å². The molecule has 3 fully saturated rings. The van der Waals surface area contributed by atoms with Crippen LogP contribution < -0.4 is 10.7 Å². The van der Waals surface area contributed by atoms with Crippen molar-refractivity contribution in [1.82, 2.24) is 40.0 Å². The van der Waals surface area contributed by atoms with Gasteiger partial charge < -0.3 is 29.2 Å². The highest BCUT2D eigenvalue weighted by Gasteiger charge is 2.41. The summed E-state index contributed by atoms with van der Waals surface area (Å²) in [6.07, 6.45) is 4.86. The average molecular weight is 983 g/mol. The lowest BCUT2D eigenvalue weighted by Gasteiger charge is -2.41. The maximum absolute atomic E-state index is 14.8. The van der Waals surface area contributed by atoms with Gasteiger partial charge >= 0.3 is 5.97 Å². The minimum atomic E-state index is -1.06. The molecule has 0 aliphatic carbocycles. The number of hydrazine groups is 1. The normalized spacial score (nSPS) is 21.5. The molecule has 8 rings (SSSR count). The molecule has 0 saturated carbocycles. The minimum absolute atomic E-state index is 0.133. The standard InChI is InChI=1S/C57H74N8O7/c1-11-64-47-21-20-40-32-43(47)44(51(64)42-18-13-25-58-49(42)37(4)71-10)33-56(5,6)35-72-55(70)45-19-14-28-65(60-45)54(69)46(31-38-16-12-17-39(40)30-38)59-52(67)50(36(2)3)61(9)53(68)41-23-29-62(34-41)48(66)22-24-57(7,8)63-26-15-27-63/h12-13,16-18,20-21,25,30,32,36-37,41,45-46,50,60H,11,14-15,19,23,26-29,31,33-35H2,1-10H3,(H,59,67)/t37-,41?,45-,46-,50-/m0/s1. The number of benzene rings is 2. The number of nitrogens with zero attached hydrogens (tertiary/aromatic N) is 6. The molecule has 2 N–H and O–H groups in total. The molecule has 2 aromatic carbocycles. The predicted octanol–water partition coefficient (Wildman–Crippen LogP) is 6.57. The Hall–Kier alpha value is -6.08. The van der Waals surface area contributed by atoms with E-state index in [0.717, 1.165) is 69.6 Å².